The van der Waals surface area contributed by atoms with Crippen LogP contribution in [0.4, 0.5) is 0 Å². The summed E-state index contributed by atoms with van der Waals surface area (Å²) in [6.07, 6.45) is 4.51. The van der Waals surface area contributed by atoms with Gasteiger partial charge in [-0.25, -0.2) is 5.43 Å². The van der Waals surface area contributed by atoms with Crippen molar-refractivity contribution in [1.29, 1.82) is 0 Å². The van der Waals surface area contributed by atoms with E-state index < -0.39 is 5.91 Å². The summed E-state index contributed by atoms with van der Waals surface area (Å²) in [5, 5.41) is 9.59. The predicted molar refractivity (Wildman–Crippen MR) is 80.5 cm³/mol. The lowest BCUT2D eigenvalue weighted by Crippen LogP contribution is -2.25. The second kappa shape index (κ2) is 6.53. The van der Waals surface area contributed by atoms with Crippen LogP contribution in [0.2, 0.25) is 0 Å². The number of hydrogen-bond donors (Lipinski definition) is 3. The Kier molecular flexibility index (Phi) is 4.75. The van der Waals surface area contributed by atoms with Crippen molar-refractivity contribution in [2.75, 3.05) is 0 Å². The number of nitrogens with one attached hydrogen (secondary N) is 1. The van der Waals surface area contributed by atoms with E-state index in [1.165, 1.54) is 0 Å². The molecule has 1 aliphatic carbocycles. The molecule has 6 nitrogen and oxygen atoms in total. The van der Waals surface area contributed by atoms with Crippen LogP contribution < -0.4 is 16.3 Å². The normalized spacial score (nSPS) is 17.4. The Morgan fingerprint density at radius 3 is 3.00 bits per heavy atom. The highest BCUT2D eigenvalue weighted by Gasteiger charge is 2.17. The highest BCUT2D eigenvalue weighted by atomic mass is 32.2. The molecule has 0 aromatic carbocycles. The molecule has 0 saturated heterocycles. The molecule has 0 bridgehead atoms. The summed E-state index contributed by atoms with van der Waals surface area (Å²) in [7, 11) is 0. The Morgan fingerprint density at radius 1 is 1.50 bits per heavy atom. The summed E-state index contributed by atoms with van der Waals surface area (Å²) in [6, 6.07) is 3.94. The van der Waals surface area contributed by atoms with Crippen LogP contribution >= 0.6 is 11.9 Å². The standard InChI is InChI=1S/C13H17N5OS/c1-8(14)12(20-15)13(19)18-17-10-6-2-4-9-5-3-7-16-11(9)10/h3,5,7H,2,4,6,14-15H2,1H3,(H,18,19)/b12-8-,17-10+. The minimum absolute atomic E-state index is 0.270. The van der Waals surface area contributed by atoms with Crippen LogP contribution in [0.1, 0.15) is 31.0 Å². The van der Waals surface area contributed by atoms with E-state index in [0.29, 0.717) is 5.70 Å². The molecule has 0 atom stereocenters. The third-order valence-corrected chi connectivity index (χ3v) is 3.74. The molecule has 0 fully saturated rings. The van der Waals surface area contributed by atoms with Gasteiger partial charge in [-0.1, -0.05) is 6.07 Å². The van der Waals surface area contributed by atoms with Crippen LogP contribution in [-0.4, -0.2) is 16.6 Å². The van der Waals surface area contributed by atoms with Crippen LogP contribution in [0.3, 0.4) is 0 Å². The lowest BCUT2D eigenvalue weighted by molar-refractivity contribution is -0.116. The van der Waals surface area contributed by atoms with Crippen LogP contribution in [0.5, 0.6) is 0 Å². The van der Waals surface area contributed by atoms with Gasteiger partial charge in [0, 0.05) is 11.9 Å². The maximum absolute atomic E-state index is 11.9. The molecule has 2 rings (SSSR count). The maximum Gasteiger partial charge on any atom is 0.280 e. The van der Waals surface area contributed by atoms with Gasteiger partial charge in [-0.3, -0.25) is 14.9 Å². The van der Waals surface area contributed by atoms with Crippen molar-refractivity contribution < 1.29 is 4.79 Å². The van der Waals surface area contributed by atoms with Crippen LogP contribution in [0.25, 0.3) is 0 Å². The van der Waals surface area contributed by atoms with Crippen LogP contribution in [0, 0.1) is 0 Å². The fraction of sp³-hybridized carbons (Fsp3) is 0.308. The first-order chi connectivity index (χ1) is 9.63. The number of nitrogens with two attached hydrogens (primary N) is 2. The Bertz CT molecular complexity index is 578. The van der Waals surface area contributed by atoms with Gasteiger partial charge in [0.05, 0.1) is 11.4 Å². The van der Waals surface area contributed by atoms with Crippen molar-refractivity contribution in [2.45, 2.75) is 26.2 Å². The van der Waals surface area contributed by atoms with Crippen molar-refractivity contribution in [1.82, 2.24) is 10.4 Å². The first kappa shape index (κ1) is 14.5. The summed E-state index contributed by atoms with van der Waals surface area (Å²) >= 11 is 0.816. The third kappa shape index (κ3) is 3.17. The van der Waals surface area contributed by atoms with Crippen molar-refractivity contribution in [2.24, 2.45) is 16.0 Å². The van der Waals surface area contributed by atoms with E-state index in [4.69, 9.17) is 10.9 Å². The number of carbonyl (C=O) groups is 1. The average molecular weight is 291 g/mol. The minimum Gasteiger partial charge on any atom is -0.401 e. The molecule has 7 heteroatoms. The molecule has 1 aromatic rings. The van der Waals surface area contributed by atoms with Gasteiger partial charge in [0.2, 0.25) is 0 Å². The zero-order valence-corrected chi connectivity index (χ0v) is 12.0. The predicted octanol–water partition coefficient (Wildman–Crippen LogP) is 1.04. The van der Waals surface area contributed by atoms with E-state index in [2.05, 4.69) is 15.5 Å². The number of carbonyl (C=O) groups excluding carboxylic acids is 1. The molecule has 0 spiro atoms. The summed E-state index contributed by atoms with van der Waals surface area (Å²) in [5.41, 5.74) is 11.3. The highest BCUT2D eigenvalue weighted by Crippen LogP contribution is 2.19. The first-order valence-electron chi connectivity index (χ1n) is 6.27. The van der Waals surface area contributed by atoms with Crippen molar-refractivity contribution in [3.63, 3.8) is 0 Å². The molecule has 0 saturated carbocycles. The van der Waals surface area contributed by atoms with E-state index >= 15 is 0 Å². The average Bonchev–Trinajstić information content (AvgIpc) is 2.45. The number of amides is 1. The molecule has 1 aromatic heterocycles. The number of rotatable bonds is 3. The highest BCUT2D eigenvalue weighted by molar-refractivity contribution is 8.01. The van der Waals surface area contributed by atoms with Gasteiger partial charge in [0.15, 0.2) is 0 Å². The van der Waals surface area contributed by atoms with Gasteiger partial charge in [0.25, 0.3) is 5.91 Å². The molecule has 1 aliphatic rings. The van der Waals surface area contributed by atoms with Gasteiger partial charge in [0.1, 0.15) is 4.91 Å². The molecular formula is C13H17N5OS. The van der Waals surface area contributed by atoms with Crippen molar-refractivity contribution in [3.05, 3.63) is 40.2 Å². The fourth-order valence-electron chi connectivity index (χ4n) is 2.07. The monoisotopic (exact) mass is 291 g/mol. The number of pyridine rings is 1. The third-order valence-electron chi connectivity index (χ3n) is 3.00. The molecule has 0 radical (unpaired) electrons. The Morgan fingerprint density at radius 2 is 2.30 bits per heavy atom. The number of hydrazone groups is 1. The smallest absolute Gasteiger partial charge is 0.280 e. The Labute approximate surface area is 121 Å². The first-order valence-corrected chi connectivity index (χ1v) is 7.15. The summed E-state index contributed by atoms with van der Waals surface area (Å²) in [6.45, 7) is 1.62. The van der Waals surface area contributed by atoms with E-state index in [9.17, 15) is 4.79 Å². The Hall–Kier alpha value is -1.86. The SMILES string of the molecule is C/C(N)=C(/SN)C(=O)N/N=C1\CCCc2cccnc21. The quantitative estimate of drug-likeness (QED) is 0.438. The molecule has 1 heterocycles. The molecule has 20 heavy (non-hydrogen) atoms. The van der Waals surface area contributed by atoms with Gasteiger partial charge in [-0.2, -0.15) is 5.10 Å². The lowest BCUT2D eigenvalue weighted by atomic mass is 9.95. The molecule has 0 unspecified atom stereocenters. The van der Waals surface area contributed by atoms with Crippen LogP contribution in [-0.2, 0) is 11.2 Å². The van der Waals surface area contributed by atoms with E-state index in [1.54, 1.807) is 13.1 Å². The summed E-state index contributed by atoms with van der Waals surface area (Å²) in [4.78, 5) is 16.5. The van der Waals surface area contributed by atoms with Crippen LogP contribution in [0.15, 0.2) is 34.0 Å². The number of nitrogens with zero attached hydrogens (tertiary/aromatic N) is 2. The van der Waals surface area contributed by atoms with E-state index in [-0.39, 0.29) is 4.91 Å². The topological polar surface area (TPSA) is 106 Å². The van der Waals surface area contributed by atoms with E-state index in [1.807, 2.05) is 12.1 Å². The second-order valence-electron chi connectivity index (χ2n) is 4.49. The summed E-state index contributed by atoms with van der Waals surface area (Å²) < 4.78 is 0. The molecule has 5 N–H and O–H groups in total. The molecule has 106 valence electrons. The number of allylic oxidation sites excluding steroid dienone is 1. The number of fused-ring (bicyclic) bond motifs is 1. The maximum atomic E-state index is 11.9. The molecule has 1 amide bonds. The fourth-order valence-corrected chi connectivity index (χ4v) is 2.41. The van der Waals surface area contributed by atoms with Gasteiger partial charge < -0.3 is 5.73 Å². The molecular weight excluding hydrogens is 274 g/mol. The van der Waals surface area contributed by atoms with Crippen molar-refractivity contribution >= 4 is 23.6 Å². The number of hydrogen-bond acceptors (Lipinski definition) is 6. The summed E-state index contributed by atoms with van der Waals surface area (Å²) in [5.74, 6) is -0.395. The minimum atomic E-state index is -0.395. The molecule has 0 aliphatic heterocycles. The van der Waals surface area contributed by atoms with Gasteiger partial charge in [-0.05, 0) is 49.8 Å². The second-order valence-corrected chi connectivity index (χ2v) is 5.14. The largest absolute Gasteiger partial charge is 0.401 e. The zero-order chi connectivity index (χ0) is 14.5. The van der Waals surface area contributed by atoms with Crippen molar-refractivity contribution in [3.8, 4) is 0 Å². The Balaban J connectivity index is 2.18. The number of aryl methyl sites for hydroxylation is 1. The van der Waals surface area contributed by atoms with E-state index in [0.717, 1.165) is 48.2 Å². The zero-order valence-electron chi connectivity index (χ0n) is 11.2. The van der Waals surface area contributed by atoms with Gasteiger partial charge in [-0.15, -0.1) is 0 Å². The lowest BCUT2D eigenvalue weighted by Gasteiger charge is -2.16. The van der Waals surface area contributed by atoms with Gasteiger partial charge >= 0.3 is 0 Å². The number of aromatic nitrogens is 1.